The first-order chi connectivity index (χ1) is 13.4. The van der Waals surface area contributed by atoms with Crippen molar-refractivity contribution in [1.29, 1.82) is 0 Å². The number of methoxy groups -OCH3 is 1. The zero-order valence-electron chi connectivity index (χ0n) is 16.3. The Morgan fingerprint density at radius 3 is 2.54 bits per heavy atom. The van der Waals surface area contributed by atoms with Crippen LogP contribution in [0.4, 0.5) is 0 Å². The Bertz CT molecular complexity index is 824. The molecule has 0 atom stereocenters. The molecule has 0 saturated heterocycles. The van der Waals surface area contributed by atoms with Crippen molar-refractivity contribution in [2.75, 3.05) is 13.7 Å². The normalized spacial score (nSPS) is 10.5. The molecule has 0 fully saturated rings. The van der Waals surface area contributed by atoms with Gasteiger partial charge in [-0.2, -0.15) is 0 Å². The van der Waals surface area contributed by atoms with Crippen LogP contribution in [-0.2, 0) is 11.2 Å². The number of benzene rings is 2. The largest absolute Gasteiger partial charge is 0.493 e. The van der Waals surface area contributed by atoms with Gasteiger partial charge in [-0.1, -0.05) is 37.6 Å². The molecule has 150 valence electrons. The number of hydrazine groups is 1. The van der Waals surface area contributed by atoms with Crippen LogP contribution in [0.15, 0.2) is 42.5 Å². The van der Waals surface area contributed by atoms with Crippen molar-refractivity contribution in [2.45, 2.75) is 26.7 Å². The minimum absolute atomic E-state index is 0.104. The summed E-state index contributed by atoms with van der Waals surface area (Å²) in [7, 11) is 1.51. The number of hydrogen-bond donors (Lipinski definition) is 2. The summed E-state index contributed by atoms with van der Waals surface area (Å²) in [6, 6.07) is 11.9. The summed E-state index contributed by atoms with van der Waals surface area (Å²) in [5, 5.41) is 0.553. The quantitative estimate of drug-likeness (QED) is 0.656. The summed E-state index contributed by atoms with van der Waals surface area (Å²) in [5.41, 5.74) is 5.89. The fourth-order valence-corrected chi connectivity index (χ4v) is 2.62. The summed E-state index contributed by atoms with van der Waals surface area (Å²) in [5.74, 6) is 0.764. The van der Waals surface area contributed by atoms with E-state index in [9.17, 15) is 9.59 Å². The van der Waals surface area contributed by atoms with Crippen molar-refractivity contribution in [3.05, 3.63) is 58.6 Å². The van der Waals surface area contributed by atoms with E-state index in [0.29, 0.717) is 34.6 Å². The van der Waals surface area contributed by atoms with Gasteiger partial charge < -0.3 is 9.47 Å². The predicted molar refractivity (Wildman–Crippen MR) is 109 cm³/mol. The van der Waals surface area contributed by atoms with Gasteiger partial charge in [0, 0.05) is 10.6 Å². The number of nitrogens with one attached hydrogen (secondary N) is 2. The SMILES string of the molecule is COc1cc(C(=O)NNC(=O)Cc2cccc(Cl)c2)ccc1OCCC(C)C. The highest BCUT2D eigenvalue weighted by molar-refractivity contribution is 6.30. The maximum absolute atomic E-state index is 12.3. The molecule has 6 nitrogen and oxygen atoms in total. The van der Waals surface area contributed by atoms with Gasteiger partial charge in [-0.3, -0.25) is 20.4 Å². The molecule has 2 rings (SSSR count). The summed E-state index contributed by atoms with van der Waals surface area (Å²) >= 11 is 5.90. The maximum atomic E-state index is 12.3. The van der Waals surface area contributed by atoms with Gasteiger partial charge in [-0.15, -0.1) is 0 Å². The van der Waals surface area contributed by atoms with E-state index in [-0.39, 0.29) is 12.3 Å². The van der Waals surface area contributed by atoms with E-state index < -0.39 is 5.91 Å². The van der Waals surface area contributed by atoms with Crippen LogP contribution in [0.25, 0.3) is 0 Å². The van der Waals surface area contributed by atoms with E-state index >= 15 is 0 Å². The molecular weight excluding hydrogens is 380 g/mol. The molecule has 2 amide bonds. The molecule has 0 heterocycles. The highest BCUT2D eigenvalue weighted by Gasteiger charge is 2.12. The fourth-order valence-electron chi connectivity index (χ4n) is 2.41. The summed E-state index contributed by atoms with van der Waals surface area (Å²) in [6.45, 7) is 4.81. The van der Waals surface area contributed by atoms with E-state index in [4.69, 9.17) is 21.1 Å². The molecule has 0 bridgehead atoms. The maximum Gasteiger partial charge on any atom is 0.269 e. The lowest BCUT2D eigenvalue weighted by molar-refractivity contribution is -0.121. The van der Waals surface area contributed by atoms with Gasteiger partial charge in [-0.25, -0.2) is 0 Å². The lowest BCUT2D eigenvalue weighted by Gasteiger charge is -2.13. The second kappa shape index (κ2) is 10.6. The molecule has 0 aliphatic rings. The average molecular weight is 405 g/mol. The van der Waals surface area contributed by atoms with Crippen molar-refractivity contribution in [1.82, 2.24) is 10.9 Å². The smallest absolute Gasteiger partial charge is 0.269 e. The first-order valence-corrected chi connectivity index (χ1v) is 9.41. The zero-order chi connectivity index (χ0) is 20.5. The van der Waals surface area contributed by atoms with E-state index in [2.05, 4.69) is 24.7 Å². The summed E-state index contributed by atoms with van der Waals surface area (Å²) in [4.78, 5) is 24.3. The van der Waals surface area contributed by atoms with Crippen molar-refractivity contribution >= 4 is 23.4 Å². The number of carbonyl (C=O) groups excluding carboxylic acids is 2. The number of carbonyl (C=O) groups is 2. The lowest BCUT2D eigenvalue weighted by atomic mass is 10.1. The second-order valence-electron chi connectivity index (χ2n) is 6.71. The van der Waals surface area contributed by atoms with Gasteiger partial charge in [0.2, 0.25) is 5.91 Å². The van der Waals surface area contributed by atoms with E-state index in [1.54, 1.807) is 42.5 Å². The summed E-state index contributed by atoms with van der Waals surface area (Å²) in [6.07, 6.45) is 1.02. The molecule has 7 heteroatoms. The van der Waals surface area contributed by atoms with Gasteiger partial charge >= 0.3 is 0 Å². The molecule has 2 N–H and O–H groups in total. The van der Waals surface area contributed by atoms with Gasteiger partial charge in [0.15, 0.2) is 11.5 Å². The van der Waals surface area contributed by atoms with Crippen molar-refractivity contribution in [3.63, 3.8) is 0 Å². The Kier molecular flexibility index (Phi) is 8.14. The Balaban J connectivity index is 1.91. The Labute approximate surface area is 170 Å². The van der Waals surface area contributed by atoms with Crippen LogP contribution < -0.4 is 20.3 Å². The van der Waals surface area contributed by atoms with Crippen LogP contribution in [0.3, 0.4) is 0 Å². The number of hydrogen-bond acceptors (Lipinski definition) is 4. The molecule has 0 spiro atoms. The lowest BCUT2D eigenvalue weighted by Crippen LogP contribution is -2.42. The highest BCUT2D eigenvalue weighted by Crippen LogP contribution is 2.28. The van der Waals surface area contributed by atoms with Crippen LogP contribution in [0.1, 0.15) is 36.2 Å². The molecule has 0 aliphatic heterocycles. The topological polar surface area (TPSA) is 76.7 Å². The minimum Gasteiger partial charge on any atom is -0.493 e. The average Bonchev–Trinajstić information content (AvgIpc) is 2.66. The third-order valence-electron chi connectivity index (χ3n) is 3.95. The predicted octanol–water partition coefficient (Wildman–Crippen LogP) is 3.78. The van der Waals surface area contributed by atoms with Crippen molar-refractivity contribution in [3.8, 4) is 11.5 Å². The summed E-state index contributed by atoms with van der Waals surface area (Å²) < 4.78 is 11.0. The van der Waals surface area contributed by atoms with Gasteiger partial charge in [0.1, 0.15) is 0 Å². The third kappa shape index (κ3) is 6.78. The van der Waals surface area contributed by atoms with Crippen molar-refractivity contribution < 1.29 is 19.1 Å². The van der Waals surface area contributed by atoms with Crippen LogP contribution in [0.5, 0.6) is 11.5 Å². The third-order valence-corrected chi connectivity index (χ3v) is 4.18. The van der Waals surface area contributed by atoms with Crippen LogP contribution in [0, 0.1) is 5.92 Å². The fraction of sp³-hybridized carbons (Fsp3) is 0.333. The van der Waals surface area contributed by atoms with Crippen LogP contribution in [0.2, 0.25) is 5.02 Å². The number of ether oxygens (including phenoxy) is 2. The molecule has 2 aromatic carbocycles. The first kappa shape index (κ1) is 21.6. The molecule has 0 aliphatic carbocycles. The standard InChI is InChI=1S/C21H25ClN2O4/c1-14(2)9-10-28-18-8-7-16(13-19(18)27-3)21(26)24-23-20(25)12-15-5-4-6-17(22)11-15/h4-8,11,13-14H,9-10,12H2,1-3H3,(H,23,25)(H,24,26). The van der Waals surface area contributed by atoms with Gasteiger partial charge in [0.05, 0.1) is 20.1 Å². The molecule has 2 aromatic rings. The van der Waals surface area contributed by atoms with E-state index in [1.165, 1.54) is 7.11 Å². The minimum atomic E-state index is -0.452. The molecule has 28 heavy (non-hydrogen) atoms. The Morgan fingerprint density at radius 1 is 1.07 bits per heavy atom. The van der Waals surface area contributed by atoms with E-state index in [0.717, 1.165) is 12.0 Å². The van der Waals surface area contributed by atoms with Crippen LogP contribution in [-0.4, -0.2) is 25.5 Å². The molecule has 0 radical (unpaired) electrons. The number of rotatable bonds is 8. The number of halogens is 1. The monoisotopic (exact) mass is 404 g/mol. The molecule has 0 saturated carbocycles. The highest BCUT2D eigenvalue weighted by atomic mass is 35.5. The number of amides is 2. The van der Waals surface area contributed by atoms with Gasteiger partial charge in [-0.05, 0) is 48.2 Å². The zero-order valence-corrected chi connectivity index (χ0v) is 17.0. The van der Waals surface area contributed by atoms with Gasteiger partial charge in [0.25, 0.3) is 5.91 Å². The molecule has 0 unspecified atom stereocenters. The first-order valence-electron chi connectivity index (χ1n) is 9.03. The molecular formula is C21H25ClN2O4. The molecule has 0 aromatic heterocycles. The van der Waals surface area contributed by atoms with Crippen molar-refractivity contribution in [2.24, 2.45) is 5.92 Å². The Morgan fingerprint density at radius 2 is 1.86 bits per heavy atom. The van der Waals surface area contributed by atoms with Crippen LogP contribution >= 0.6 is 11.6 Å². The van der Waals surface area contributed by atoms with E-state index in [1.807, 2.05) is 0 Å². The second-order valence-corrected chi connectivity index (χ2v) is 7.14. The Hall–Kier alpha value is -2.73.